The highest BCUT2D eigenvalue weighted by atomic mass is 16.5. The Hall–Kier alpha value is -3.27. The summed E-state index contributed by atoms with van der Waals surface area (Å²) >= 11 is 0. The van der Waals surface area contributed by atoms with E-state index in [9.17, 15) is 4.79 Å². The smallest absolute Gasteiger partial charge is 0.303 e. The van der Waals surface area contributed by atoms with Crippen molar-refractivity contribution in [2.75, 3.05) is 0 Å². The molecule has 0 amide bonds. The first kappa shape index (κ1) is 18.5. The fraction of sp³-hybridized carbons (Fsp3) is 0.174. The minimum atomic E-state index is -0.787. The Bertz CT molecular complexity index is 857. The summed E-state index contributed by atoms with van der Waals surface area (Å²) in [6, 6.07) is 25.4. The van der Waals surface area contributed by atoms with Crippen molar-refractivity contribution in [3.8, 4) is 11.5 Å². The molecular formula is C23H22O4. The average molecular weight is 362 g/mol. The van der Waals surface area contributed by atoms with Crippen LogP contribution in [0, 0.1) is 0 Å². The molecule has 3 aromatic carbocycles. The van der Waals surface area contributed by atoms with Crippen LogP contribution in [0.15, 0.2) is 78.9 Å². The predicted octanol–water partition coefficient (Wildman–Crippen LogP) is 4.86. The first-order valence-electron chi connectivity index (χ1n) is 8.88. The molecule has 0 radical (unpaired) electrons. The van der Waals surface area contributed by atoms with E-state index in [1.165, 1.54) is 0 Å². The zero-order valence-electron chi connectivity index (χ0n) is 15.0. The van der Waals surface area contributed by atoms with Crippen molar-refractivity contribution in [3.05, 3.63) is 95.6 Å². The molecule has 3 rings (SSSR count). The molecule has 3 aromatic rings. The summed E-state index contributed by atoms with van der Waals surface area (Å²) in [5.74, 6) is 0.776. The van der Waals surface area contributed by atoms with Crippen molar-refractivity contribution in [3.63, 3.8) is 0 Å². The highest BCUT2D eigenvalue weighted by molar-refractivity contribution is 5.67. The highest BCUT2D eigenvalue weighted by Gasteiger charge is 2.02. The number of carboxylic acids is 1. The maximum Gasteiger partial charge on any atom is 0.303 e. The average Bonchev–Trinajstić information content (AvgIpc) is 2.71. The molecule has 4 nitrogen and oxygen atoms in total. The SMILES string of the molecule is O=C(O)CCc1ccc(OCc2cccc(OCc3ccccc3)c2)cc1. The molecule has 0 aliphatic carbocycles. The van der Waals surface area contributed by atoms with Gasteiger partial charge in [0.2, 0.25) is 0 Å². The van der Waals surface area contributed by atoms with Crippen molar-refractivity contribution in [1.82, 2.24) is 0 Å². The second-order valence-electron chi connectivity index (χ2n) is 6.25. The molecule has 0 bridgehead atoms. The number of aryl methyl sites for hydroxylation is 1. The van der Waals surface area contributed by atoms with Gasteiger partial charge in [0.1, 0.15) is 24.7 Å². The predicted molar refractivity (Wildman–Crippen MR) is 104 cm³/mol. The molecule has 138 valence electrons. The molecule has 0 aliphatic rings. The van der Waals surface area contributed by atoms with Gasteiger partial charge in [0.25, 0.3) is 0 Å². The summed E-state index contributed by atoms with van der Waals surface area (Å²) in [4.78, 5) is 10.6. The van der Waals surface area contributed by atoms with Crippen LogP contribution < -0.4 is 9.47 Å². The maximum absolute atomic E-state index is 10.6. The molecule has 0 atom stereocenters. The molecule has 4 heteroatoms. The van der Waals surface area contributed by atoms with E-state index < -0.39 is 5.97 Å². The monoisotopic (exact) mass is 362 g/mol. The van der Waals surface area contributed by atoms with Crippen molar-refractivity contribution in [2.45, 2.75) is 26.1 Å². The Morgan fingerprint density at radius 3 is 2.11 bits per heavy atom. The molecule has 1 N–H and O–H groups in total. The van der Waals surface area contributed by atoms with Gasteiger partial charge in [0.15, 0.2) is 0 Å². The summed E-state index contributed by atoms with van der Waals surface area (Å²) in [5.41, 5.74) is 3.14. The van der Waals surface area contributed by atoms with Crippen LogP contribution in [-0.2, 0) is 24.4 Å². The molecule has 0 saturated carbocycles. The van der Waals surface area contributed by atoms with Crippen LogP contribution in [-0.4, -0.2) is 11.1 Å². The van der Waals surface area contributed by atoms with Crippen LogP contribution in [0.2, 0.25) is 0 Å². The topological polar surface area (TPSA) is 55.8 Å². The Kier molecular flexibility index (Phi) is 6.47. The molecule has 0 unspecified atom stereocenters. The first-order chi connectivity index (χ1) is 13.2. The normalized spacial score (nSPS) is 10.4. The Morgan fingerprint density at radius 1 is 0.704 bits per heavy atom. The number of carbonyl (C=O) groups is 1. The zero-order valence-corrected chi connectivity index (χ0v) is 15.0. The van der Waals surface area contributed by atoms with Gasteiger partial charge in [-0.3, -0.25) is 4.79 Å². The van der Waals surface area contributed by atoms with E-state index >= 15 is 0 Å². The summed E-state index contributed by atoms with van der Waals surface area (Å²) in [7, 11) is 0. The number of aliphatic carboxylic acids is 1. The number of benzene rings is 3. The van der Waals surface area contributed by atoms with Gasteiger partial charge in [-0.15, -0.1) is 0 Å². The van der Waals surface area contributed by atoms with E-state index in [0.29, 0.717) is 19.6 Å². The first-order valence-corrected chi connectivity index (χ1v) is 8.88. The summed E-state index contributed by atoms with van der Waals surface area (Å²) in [5, 5.41) is 8.73. The van der Waals surface area contributed by atoms with Crippen molar-refractivity contribution in [2.24, 2.45) is 0 Å². The Morgan fingerprint density at radius 2 is 1.37 bits per heavy atom. The van der Waals surface area contributed by atoms with Crippen LogP contribution in [0.1, 0.15) is 23.1 Å². The van der Waals surface area contributed by atoms with E-state index in [0.717, 1.165) is 28.2 Å². The van der Waals surface area contributed by atoms with E-state index in [1.807, 2.05) is 78.9 Å². The van der Waals surface area contributed by atoms with E-state index in [1.54, 1.807) is 0 Å². The zero-order chi connectivity index (χ0) is 18.9. The minimum absolute atomic E-state index is 0.135. The number of carboxylic acid groups (broad SMARTS) is 1. The quantitative estimate of drug-likeness (QED) is 0.590. The van der Waals surface area contributed by atoms with Crippen molar-refractivity contribution in [1.29, 1.82) is 0 Å². The number of hydrogen-bond acceptors (Lipinski definition) is 3. The van der Waals surface area contributed by atoms with Crippen LogP contribution in [0.25, 0.3) is 0 Å². The van der Waals surface area contributed by atoms with Crippen molar-refractivity contribution < 1.29 is 19.4 Å². The molecule has 0 aromatic heterocycles. The number of rotatable bonds is 9. The number of hydrogen-bond donors (Lipinski definition) is 1. The van der Waals surface area contributed by atoms with Gasteiger partial charge in [-0.05, 0) is 47.4 Å². The third kappa shape index (κ3) is 6.19. The summed E-state index contributed by atoms with van der Waals surface area (Å²) in [6.07, 6.45) is 0.659. The fourth-order valence-corrected chi connectivity index (χ4v) is 2.64. The molecular weight excluding hydrogens is 340 g/mol. The lowest BCUT2D eigenvalue weighted by Crippen LogP contribution is -1.99. The molecule has 0 fully saturated rings. The second kappa shape index (κ2) is 9.43. The highest BCUT2D eigenvalue weighted by Crippen LogP contribution is 2.19. The molecule has 0 saturated heterocycles. The third-order valence-electron chi connectivity index (χ3n) is 4.10. The van der Waals surface area contributed by atoms with Gasteiger partial charge in [0.05, 0.1) is 0 Å². The molecule has 0 spiro atoms. The van der Waals surface area contributed by atoms with E-state index in [2.05, 4.69) is 0 Å². The van der Waals surface area contributed by atoms with Gasteiger partial charge >= 0.3 is 5.97 Å². The van der Waals surface area contributed by atoms with Crippen LogP contribution in [0.3, 0.4) is 0 Å². The fourth-order valence-electron chi connectivity index (χ4n) is 2.64. The van der Waals surface area contributed by atoms with Gasteiger partial charge in [-0.1, -0.05) is 54.6 Å². The third-order valence-corrected chi connectivity index (χ3v) is 4.10. The minimum Gasteiger partial charge on any atom is -0.489 e. The second-order valence-corrected chi connectivity index (χ2v) is 6.25. The van der Waals surface area contributed by atoms with Gasteiger partial charge in [0, 0.05) is 6.42 Å². The van der Waals surface area contributed by atoms with Gasteiger partial charge in [-0.2, -0.15) is 0 Å². The Balaban J connectivity index is 1.51. The van der Waals surface area contributed by atoms with Crippen LogP contribution >= 0.6 is 0 Å². The summed E-state index contributed by atoms with van der Waals surface area (Å²) < 4.78 is 11.7. The van der Waals surface area contributed by atoms with Crippen LogP contribution in [0.5, 0.6) is 11.5 Å². The molecule has 27 heavy (non-hydrogen) atoms. The lowest BCUT2D eigenvalue weighted by Gasteiger charge is -2.10. The number of ether oxygens (including phenoxy) is 2. The largest absolute Gasteiger partial charge is 0.489 e. The Labute approximate surface area is 159 Å². The standard InChI is InChI=1S/C23H22O4/c24-23(25)14-11-18-9-12-21(13-10-18)26-17-20-7-4-8-22(15-20)27-16-19-5-2-1-3-6-19/h1-10,12-13,15H,11,14,16-17H2,(H,24,25). The lowest BCUT2D eigenvalue weighted by molar-refractivity contribution is -0.136. The van der Waals surface area contributed by atoms with Crippen molar-refractivity contribution >= 4 is 5.97 Å². The summed E-state index contributed by atoms with van der Waals surface area (Å²) in [6.45, 7) is 0.972. The van der Waals surface area contributed by atoms with E-state index in [4.69, 9.17) is 14.6 Å². The molecule has 0 heterocycles. The van der Waals surface area contributed by atoms with Crippen LogP contribution in [0.4, 0.5) is 0 Å². The molecule has 0 aliphatic heterocycles. The lowest BCUT2D eigenvalue weighted by atomic mass is 10.1. The van der Waals surface area contributed by atoms with Gasteiger partial charge < -0.3 is 14.6 Å². The van der Waals surface area contributed by atoms with Gasteiger partial charge in [-0.25, -0.2) is 0 Å². The maximum atomic E-state index is 10.6. The van der Waals surface area contributed by atoms with E-state index in [-0.39, 0.29) is 6.42 Å².